The fraction of sp³-hybridized carbons (Fsp3) is 0.318. The van der Waals surface area contributed by atoms with Gasteiger partial charge in [0.1, 0.15) is 0 Å². The molecule has 154 valence electrons. The number of ether oxygens (including phenoxy) is 2. The van der Waals surface area contributed by atoms with E-state index >= 15 is 0 Å². The number of rotatable bonds is 5. The van der Waals surface area contributed by atoms with Crippen LogP contribution in [-0.4, -0.2) is 21.8 Å². The molecule has 0 radical (unpaired) electrons. The van der Waals surface area contributed by atoms with Gasteiger partial charge in [-0.05, 0) is 44.0 Å². The molecule has 1 aromatic heterocycles. The minimum Gasteiger partial charge on any atom is -0.448 e. The Morgan fingerprint density at radius 2 is 1.93 bits per heavy atom. The lowest BCUT2D eigenvalue weighted by atomic mass is 10.2. The Morgan fingerprint density at radius 1 is 1.13 bits per heavy atom. The summed E-state index contributed by atoms with van der Waals surface area (Å²) in [6, 6.07) is 13.0. The Kier molecular flexibility index (Phi) is 4.86. The Morgan fingerprint density at radius 3 is 2.73 bits per heavy atom. The molecule has 2 aromatic carbocycles. The SMILES string of the molecule is Cc1noc(CSc2ccccc2C(=O)Nc2ccc3c(c2)OC2(CCCC2)O3)n1. The second kappa shape index (κ2) is 7.68. The number of benzene rings is 2. The first-order valence-electron chi connectivity index (χ1n) is 9.95. The molecule has 0 atom stereocenters. The van der Waals surface area contributed by atoms with Gasteiger partial charge in [-0.3, -0.25) is 4.79 Å². The van der Waals surface area contributed by atoms with Gasteiger partial charge in [-0.25, -0.2) is 0 Å². The monoisotopic (exact) mass is 423 g/mol. The van der Waals surface area contributed by atoms with Crippen LogP contribution in [0.1, 0.15) is 47.8 Å². The highest BCUT2D eigenvalue weighted by Gasteiger charge is 2.44. The van der Waals surface area contributed by atoms with E-state index in [1.54, 1.807) is 13.0 Å². The van der Waals surface area contributed by atoms with Gasteiger partial charge < -0.3 is 19.3 Å². The fourth-order valence-electron chi connectivity index (χ4n) is 3.81. The van der Waals surface area contributed by atoms with E-state index in [-0.39, 0.29) is 5.91 Å². The normalized spacial score (nSPS) is 16.2. The number of nitrogens with one attached hydrogen (secondary N) is 1. The van der Waals surface area contributed by atoms with Crippen LogP contribution in [0.25, 0.3) is 0 Å². The third kappa shape index (κ3) is 3.75. The van der Waals surface area contributed by atoms with Crippen LogP contribution in [0, 0.1) is 6.92 Å². The molecule has 3 aromatic rings. The number of aryl methyl sites for hydroxylation is 1. The number of nitrogens with zero attached hydrogens (tertiary/aromatic N) is 2. The lowest BCUT2D eigenvalue weighted by molar-refractivity contribution is -0.0716. The van der Waals surface area contributed by atoms with Crippen LogP contribution >= 0.6 is 11.8 Å². The van der Waals surface area contributed by atoms with E-state index in [2.05, 4.69) is 15.5 Å². The van der Waals surface area contributed by atoms with E-state index in [1.165, 1.54) is 11.8 Å². The highest BCUT2D eigenvalue weighted by atomic mass is 32.2. The molecule has 8 heteroatoms. The second-order valence-electron chi connectivity index (χ2n) is 7.46. The van der Waals surface area contributed by atoms with Gasteiger partial charge in [0, 0.05) is 29.5 Å². The number of aromatic nitrogens is 2. The zero-order chi connectivity index (χ0) is 20.6. The summed E-state index contributed by atoms with van der Waals surface area (Å²) in [6.07, 6.45) is 4.01. The smallest absolute Gasteiger partial charge is 0.256 e. The van der Waals surface area contributed by atoms with E-state index < -0.39 is 5.79 Å². The van der Waals surface area contributed by atoms with Crippen LogP contribution in [0.4, 0.5) is 5.69 Å². The summed E-state index contributed by atoms with van der Waals surface area (Å²) in [5.41, 5.74) is 1.26. The molecule has 0 saturated heterocycles. The maximum Gasteiger partial charge on any atom is 0.256 e. The number of hydrogen-bond donors (Lipinski definition) is 1. The summed E-state index contributed by atoms with van der Waals surface area (Å²) in [4.78, 5) is 18.0. The zero-order valence-corrected chi connectivity index (χ0v) is 17.3. The first-order valence-corrected chi connectivity index (χ1v) is 10.9. The van der Waals surface area contributed by atoms with Gasteiger partial charge in [-0.1, -0.05) is 17.3 Å². The number of fused-ring (bicyclic) bond motifs is 1. The zero-order valence-electron chi connectivity index (χ0n) is 16.5. The summed E-state index contributed by atoms with van der Waals surface area (Å²) in [7, 11) is 0. The predicted octanol–water partition coefficient (Wildman–Crippen LogP) is 4.96. The van der Waals surface area contributed by atoms with Crippen molar-refractivity contribution in [3.05, 3.63) is 59.7 Å². The summed E-state index contributed by atoms with van der Waals surface area (Å²) in [6.45, 7) is 1.78. The molecule has 5 rings (SSSR count). The molecule has 0 bridgehead atoms. The number of amides is 1. The van der Waals surface area contributed by atoms with Crippen molar-refractivity contribution in [2.45, 2.75) is 49.0 Å². The van der Waals surface area contributed by atoms with Crippen LogP contribution < -0.4 is 14.8 Å². The van der Waals surface area contributed by atoms with Crippen molar-refractivity contribution in [1.29, 1.82) is 0 Å². The molecular weight excluding hydrogens is 402 g/mol. The largest absolute Gasteiger partial charge is 0.448 e. The Labute approximate surface area is 178 Å². The predicted molar refractivity (Wildman–Crippen MR) is 112 cm³/mol. The average Bonchev–Trinajstić information content (AvgIpc) is 3.46. The highest BCUT2D eigenvalue weighted by Crippen LogP contribution is 2.47. The topological polar surface area (TPSA) is 86.5 Å². The van der Waals surface area contributed by atoms with Gasteiger partial charge in [0.2, 0.25) is 5.89 Å². The molecule has 2 aliphatic rings. The standard InChI is InChI=1S/C22H21N3O4S/c1-14-23-20(29-25-14)13-30-19-7-3-2-6-16(19)21(26)24-15-8-9-17-18(12-15)28-22(27-17)10-4-5-11-22/h2-3,6-9,12H,4-5,10-11,13H2,1H3,(H,24,26). The third-order valence-electron chi connectivity index (χ3n) is 5.21. The number of thioether (sulfide) groups is 1. The van der Waals surface area contributed by atoms with Gasteiger partial charge >= 0.3 is 0 Å². The quantitative estimate of drug-likeness (QED) is 0.580. The van der Waals surface area contributed by atoms with Gasteiger partial charge in [-0.2, -0.15) is 4.98 Å². The first kappa shape index (κ1) is 19.0. The highest BCUT2D eigenvalue weighted by molar-refractivity contribution is 7.98. The molecule has 1 aliphatic heterocycles. The van der Waals surface area contributed by atoms with Crippen LogP contribution in [0.3, 0.4) is 0 Å². The summed E-state index contributed by atoms with van der Waals surface area (Å²) in [5, 5.41) is 6.77. The Bertz CT molecular complexity index is 1090. The van der Waals surface area contributed by atoms with Gasteiger partial charge in [-0.15, -0.1) is 11.8 Å². The number of carbonyl (C=O) groups is 1. The number of hydrogen-bond acceptors (Lipinski definition) is 7. The number of anilines is 1. The minimum atomic E-state index is -0.513. The van der Waals surface area contributed by atoms with Crippen molar-refractivity contribution in [2.24, 2.45) is 0 Å². The molecule has 7 nitrogen and oxygen atoms in total. The van der Waals surface area contributed by atoms with Crippen LogP contribution in [-0.2, 0) is 5.75 Å². The molecule has 1 fully saturated rings. The van der Waals surface area contributed by atoms with Crippen molar-refractivity contribution in [1.82, 2.24) is 10.1 Å². The van der Waals surface area contributed by atoms with E-state index in [4.69, 9.17) is 14.0 Å². The summed E-state index contributed by atoms with van der Waals surface area (Å²) >= 11 is 1.48. The van der Waals surface area contributed by atoms with Gasteiger partial charge in [0.05, 0.1) is 11.3 Å². The molecule has 1 N–H and O–H groups in total. The fourth-order valence-corrected chi connectivity index (χ4v) is 4.69. The lowest BCUT2D eigenvalue weighted by Crippen LogP contribution is -2.34. The maximum atomic E-state index is 13.0. The van der Waals surface area contributed by atoms with E-state index in [1.807, 2.05) is 36.4 Å². The van der Waals surface area contributed by atoms with Gasteiger partial charge in [0.15, 0.2) is 17.3 Å². The first-order chi connectivity index (χ1) is 14.6. The summed E-state index contributed by atoms with van der Waals surface area (Å²) < 4.78 is 17.3. The second-order valence-corrected chi connectivity index (χ2v) is 8.47. The third-order valence-corrected chi connectivity index (χ3v) is 6.27. The van der Waals surface area contributed by atoms with E-state index in [0.717, 1.165) is 36.3 Å². The average molecular weight is 423 g/mol. The Balaban J connectivity index is 1.29. The Hall–Kier alpha value is -3.00. The molecule has 1 spiro atoms. The molecule has 2 heterocycles. The van der Waals surface area contributed by atoms with Crippen LogP contribution in [0.5, 0.6) is 11.5 Å². The van der Waals surface area contributed by atoms with Gasteiger partial charge in [0.25, 0.3) is 11.7 Å². The van der Waals surface area contributed by atoms with Crippen molar-refractivity contribution in [3.8, 4) is 11.5 Å². The maximum absolute atomic E-state index is 13.0. The van der Waals surface area contributed by atoms with Crippen molar-refractivity contribution in [3.63, 3.8) is 0 Å². The molecule has 30 heavy (non-hydrogen) atoms. The number of carbonyl (C=O) groups excluding carboxylic acids is 1. The van der Waals surface area contributed by atoms with Crippen LogP contribution in [0.2, 0.25) is 0 Å². The lowest BCUT2D eigenvalue weighted by Gasteiger charge is -2.21. The molecule has 1 amide bonds. The molecule has 1 saturated carbocycles. The minimum absolute atomic E-state index is 0.186. The van der Waals surface area contributed by atoms with Crippen LogP contribution in [0.15, 0.2) is 51.9 Å². The van der Waals surface area contributed by atoms with E-state index in [0.29, 0.717) is 34.5 Å². The van der Waals surface area contributed by atoms with Crippen molar-refractivity contribution < 1.29 is 18.8 Å². The molecule has 0 unspecified atom stereocenters. The van der Waals surface area contributed by atoms with Crippen molar-refractivity contribution >= 4 is 23.4 Å². The molecule has 1 aliphatic carbocycles. The van der Waals surface area contributed by atoms with E-state index in [9.17, 15) is 4.79 Å². The summed E-state index contributed by atoms with van der Waals surface area (Å²) in [5.74, 6) is 2.35. The van der Waals surface area contributed by atoms with Crippen molar-refractivity contribution in [2.75, 3.05) is 5.32 Å². The molecular formula is C22H21N3O4S.